The lowest BCUT2D eigenvalue weighted by atomic mass is 9.96. The lowest BCUT2D eigenvalue weighted by Gasteiger charge is -2.41. The Morgan fingerprint density at radius 3 is 2.42 bits per heavy atom. The summed E-state index contributed by atoms with van der Waals surface area (Å²) in [5.74, 6) is 3.58. The highest BCUT2D eigenvalue weighted by Gasteiger charge is 2.29. The number of rotatable bonds is 8. The quantitative estimate of drug-likeness (QED) is 0.130. The number of hydrogen-bond donors (Lipinski definition) is 3. The molecule has 0 unspecified atom stereocenters. The second kappa shape index (κ2) is 13.7. The van der Waals surface area contributed by atoms with E-state index in [1.807, 2.05) is 31.0 Å². The first-order chi connectivity index (χ1) is 22.6. The van der Waals surface area contributed by atoms with Crippen LogP contribution < -0.4 is 16.4 Å². The second-order valence-corrected chi connectivity index (χ2v) is 12.0. The van der Waals surface area contributed by atoms with Gasteiger partial charge in [0, 0.05) is 43.6 Å². The SMILES string of the molecule is C=C(F)C(=O)Nc1ccc(-c2c(-c3ccc(C(=O)NCC(F)(F)F)c(Cl)c3)c3c(N)ncc(C#CCN4CC(N(C)C)C4)c3n2C)cc1. The van der Waals surface area contributed by atoms with Gasteiger partial charge in [-0.1, -0.05) is 48.2 Å². The van der Waals surface area contributed by atoms with Gasteiger partial charge in [-0.25, -0.2) is 9.37 Å². The molecule has 4 N–H and O–H groups in total. The second-order valence-electron chi connectivity index (χ2n) is 11.6. The molecule has 4 aromatic rings. The van der Waals surface area contributed by atoms with E-state index in [1.165, 1.54) is 12.1 Å². The highest BCUT2D eigenvalue weighted by molar-refractivity contribution is 6.34. The zero-order valence-corrected chi connectivity index (χ0v) is 27.1. The van der Waals surface area contributed by atoms with Gasteiger partial charge in [0.2, 0.25) is 0 Å². The number of fused-ring (bicyclic) bond motifs is 1. The van der Waals surface area contributed by atoms with Crippen molar-refractivity contribution in [3.05, 3.63) is 77.2 Å². The first-order valence-corrected chi connectivity index (χ1v) is 15.1. The number of carbonyl (C=O) groups is 2. The summed E-state index contributed by atoms with van der Waals surface area (Å²) in [6.07, 6.45) is -2.99. The van der Waals surface area contributed by atoms with Crippen LogP contribution in [0.5, 0.6) is 0 Å². The van der Waals surface area contributed by atoms with Crippen molar-refractivity contribution in [1.82, 2.24) is 24.7 Å². The highest BCUT2D eigenvalue weighted by atomic mass is 35.5. The Morgan fingerprint density at radius 2 is 1.81 bits per heavy atom. The van der Waals surface area contributed by atoms with E-state index >= 15 is 0 Å². The molecular formula is C34H32ClF4N7O2. The fraction of sp³-hybridized carbons (Fsp3) is 0.265. The molecule has 48 heavy (non-hydrogen) atoms. The molecule has 250 valence electrons. The van der Waals surface area contributed by atoms with E-state index in [0.29, 0.717) is 57.1 Å². The molecule has 1 aliphatic rings. The number of amides is 2. The van der Waals surface area contributed by atoms with E-state index in [9.17, 15) is 27.2 Å². The molecule has 9 nitrogen and oxygen atoms in total. The summed E-state index contributed by atoms with van der Waals surface area (Å²) in [7, 11) is 5.92. The Bertz CT molecular complexity index is 1970. The summed E-state index contributed by atoms with van der Waals surface area (Å²) in [4.78, 5) is 33.2. The van der Waals surface area contributed by atoms with E-state index < -0.39 is 30.4 Å². The van der Waals surface area contributed by atoms with Gasteiger partial charge in [0.25, 0.3) is 11.8 Å². The number of anilines is 2. The molecule has 2 aromatic carbocycles. The number of nitrogens with one attached hydrogen (secondary N) is 2. The van der Waals surface area contributed by atoms with Gasteiger partial charge in [-0.2, -0.15) is 13.2 Å². The van der Waals surface area contributed by atoms with Crippen LogP contribution in [0.4, 0.5) is 29.1 Å². The molecule has 0 saturated carbocycles. The molecule has 2 aromatic heterocycles. The third-order valence-corrected chi connectivity index (χ3v) is 8.36. The van der Waals surface area contributed by atoms with Crippen LogP contribution in [0.15, 0.2) is 61.1 Å². The van der Waals surface area contributed by atoms with Crippen LogP contribution in [-0.4, -0.2) is 83.7 Å². The predicted molar refractivity (Wildman–Crippen MR) is 179 cm³/mol. The molecular weight excluding hydrogens is 650 g/mol. The minimum Gasteiger partial charge on any atom is -0.383 e. The summed E-state index contributed by atoms with van der Waals surface area (Å²) in [5.41, 5.74) is 10.4. The number of nitrogen functional groups attached to an aromatic ring is 1. The number of hydrogen-bond acceptors (Lipinski definition) is 6. The number of benzene rings is 2. The Hall–Kier alpha value is -4.90. The van der Waals surface area contributed by atoms with Crippen LogP contribution in [0.1, 0.15) is 15.9 Å². The summed E-state index contributed by atoms with van der Waals surface area (Å²) < 4.78 is 53.4. The molecule has 14 heteroatoms. The number of likely N-dealkylation sites (tertiary alicyclic amines) is 1. The molecule has 5 rings (SSSR count). The maximum Gasteiger partial charge on any atom is 0.405 e. The van der Waals surface area contributed by atoms with Gasteiger partial charge in [-0.05, 0) is 49.5 Å². The fourth-order valence-electron chi connectivity index (χ4n) is 5.50. The van der Waals surface area contributed by atoms with Gasteiger partial charge in [0.05, 0.1) is 39.3 Å². The topological polar surface area (TPSA) is 109 Å². The van der Waals surface area contributed by atoms with Crippen molar-refractivity contribution < 1.29 is 27.2 Å². The van der Waals surface area contributed by atoms with E-state index in [1.54, 1.807) is 36.5 Å². The zero-order chi connectivity index (χ0) is 34.9. The highest BCUT2D eigenvalue weighted by Crippen LogP contribution is 2.44. The number of pyridine rings is 1. The number of nitrogens with two attached hydrogens (primary N) is 1. The normalized spacial score (nSPS) is 13.6. The number of aromatic nitrogens is 2. The molecule has 0 spiro atoms. The fourth-order valence-corrected chi connectivity index (χ4v) is 5.77. The molecule has 3 heterocycles. The van der Waals surface area contributed by atoms with E-state index in [2.05, 4.69) is 38.5 Å². The zero-order valence-electron chi connectivity index (χ0n) is 26.3. The van der Waals surface area contributed by atoms with Crippen molar-refractivity contribution in [2.75, 3.05) is 51.3 Å². The van der Waals surface area contributed by atoms with Crippen molar-refractivity contribution in [3.63, 3.8) is 0 Å². The van der Waals surface area contributed by atoms with Crippen LogP contribution in [0, 0.1) is 11.8 Å². The smallest absolute Gasteiger partial charge is 0.383 e. The molecule has 0 radical (unpaired) electrons. The van der Waals surface area contributed by atoms with Gasteiger partial charge in [-0.15, -0.1) is 0 Å². The molecule has 0 bridgehead atoms. The van der Waals surface area contributed by atoms with Gasteiger partial charge in [-0.3, -0.25) is 14.5 Å². The number of nitrogens with zero attached hydrogens (tertiary/aromatic N) is 4. The number of alkyl halides is 3. The number of likely N-dealkylation sites (N-methyl/N-ethyl adjacent to an activating group) is 1. The maximum absolute atomic E-state index is 13.3. The summed E-state index contributed by atoms with van der Waals surface area (Å²) in [6, 6.07) is 11.5. The Balaban J connectivity index is 1.61. The maximum atomic E-state index is 13.3. The molecule has 1 aliphatic heterocycles. The van der Waals surface area contributed by atoms with E-state index in [0.717, 1.165) is 13.1 Å². The minimum absolute atomic E-state index is 0.0762. The van der Waals surface area contributed by atoms with E-state index in [4.69, 9.17) is 17.3 Å². The van der Waals surface area contributed by atoms with Crippen molar-refractivity contribution in [2.45, 2.75) is 12.2 Å². The molecule has 1 saturated heterocycles. The van der Waals surface area contributed by atoms with Crippen LogP contribution in [-0.2, 0) is 11.8 Å². The molecule has 0 atom stereocenters. The van der Waals surface area contributed by atoms with Crippen LogP contribution in [0.3, 0.4) is 0 Å². The summed E-state index contributed by atoms with van der Waals surface area (Å²) >= 11 is 6.49. The Labute approximate surface area is 279 Å². The number of halogens is 5. The molecule has 1 fully saturated rings. The Kier molecular flexibility index (Phi) is 9.81. The Morgan fingerprint density at radius 1 is 1.15 bits per heavy atom. The summed E-state index contributed by atoms with van der Waals surface area (Å²) in [5, 5.41) is 4.73. The molecule has 2 amide bonds. The van der Waals surface area contributed by atoms with Gasteiger partial charge < -0.3 is 25.8 Å². The third-order valence-electron chi connectivity index (χ3n) is 8.05. The lowest BCUT2D eigenvalue weighted by molar-refractivity contribution is -0.123. The largest absolute Gasteiger partial charge is 0.405 e. The van der Waals surface area contributed by atoms with Crippen molar-refractivity contribution >= 4 is 45.8 Å². The van der Waals surface area contributed by atoms with Gasteiger partial charge in [0.1, 0.15) is 12.4 Å². The number of aryl methyl sites for hydroxylation is 1. The standard InChI is InChI=1S/C34H32ClF4N7O2/c1-19(36)32(47)43-23-10-7-20(8-11-23)29-27(21-9-12-25(26(35)14-21)33(48)42-18-34(37,38)39)28-30(45(29)4)22(15-41-31(28)40)6-5-13-46-16-24(17-46)44(2)3/h7-12,14-15,24H,1,13,16-18H2,2-4H3,(H2,40,41)(H,42,48)(H,43,47). The van der Waals surface area contributed by atoms with E-state index in [-0.39, 0.29) is 16.4 Å². The van der Waals surface area contributed by atoms with Crippen molar-refractivity contribution in [3.8, 4) is 34.2 Å². The average molecular weight is 682 g/mol. The van der Waals surface area contributed by atoms with Crippen LogP contribution in [0.25, 0.3) is 33.3 Å². The van der Waals surface area contributed by atoms with Crippen molar-refractivity contribution in [2.24, 2.45) is 7.05 Å². The van der Waals surface area contributed by atoms with Crippen molar-refractivity contribution in [1.29, 1.82) is 0 Å². The number of carbonyl (C=O) groups excluding carboxylic acids is 2. The van der Waals surface area contributed by atoms with Gasteiger partial charge in [0.15, 0.2) is 5.83 Å². The minimum atomic E-state index is -4.59. The predicted octanol–water partition coefficient (Wildman–Crippen LogP) is 5.45. The summed E-state index contributed by atoms with van der Waals surface area (Å²) in [6.45, 7) is 3.89. The third kappa shape index (κ3) is 7.31. The van der Waals surface area contributed by atoms with Gasteiger partial charge >= 0.3 is 6.18 Å². The molecule has 0 aliphatic carbocycles. The first-order valence-electron chi connectivity index (χ1n) is 14.7. The monoisotopic (exact) mass is 681 g/mol. The van der Waals surface area contributed by atoms with Crippen LogP contribution in [0.2, 0.25) is 5.02 Å². The average Bonchev–Trinajstić information content (AvgIpc) is 3.31. The lowest BCUT2D eigenvalue weighted by Crippen LogP contribution is -2.57. The first kappa shape index (κ1) is 34.4. The van der Waals surface area contributed by atoms with Crippen LogP contribution >= 0.6 is 11.6 Å².